The molecule has 2 aromatic rings. The Morgan fingerprint density at radius 3 is 2.24 bits per heavy atom. The lowest BCUT2D eigenvalue weighted by Gasteiger charge is -2.15. The Balaban J connectivity index is 2.00. The highest BCUT2D eigenvalue weighted by Crippen LogP contribution is 2.34. The van der Waals surface area contributed by atoms with Gasteiger partial charge in [-0.1, -0.05) is 24.3 Å². The Hall–Kier alpha value is -2.17. The minimum atomic E-state index is -4.50. The lowest BCUT2D eigenvalue weighted by Crippen LogP contribution is -2.29. The fraction of sp³-hybridized carbons (Fsp3) is 0.133. The normalized spacial score (nSPS) is 11.8. The van der Waals surface area contributed by atoms with Gasteiger partial charge in [-0.15, -0.1) is 0 Å². The van der Waals surface area contributed by atoms with Crippen LogP contribution >= 0.6 is 12.2 Å². The van der Waals surface area contributed by atoms with Crippen molar-refractivity contribution < 1.29 is 21.6 Å². The van der Waals surface area contributed by atoms with Crippen LogP contribution in [0.3, 0.4) is 0 Å². The first-order chi connectivity index (χ1) is 11.6. The number of halogens is 3. The van der Waals surface area contributed by atoms with Gasteiger partial charge in [0.15, 0.2) is 5.11 Å². The molecular weight excluding hydrogens is 375 g/mol. The molecule has 10 heteroatoms. The molecule has 0 saturated carbocycles. The molecule has 5 nitrogen and oxygen atoms in total. The van der Waals surface area contributed by atoms with Crippen LogP contribution in [0.15, 0.2) is 53.4 Å². The Bertz CT molecular complexity index is 866. The fourth-order valence-corrected chi connectivity index (χ4v) is 2.68. The van der Waals surface area contributed by atoms with E-state index in [0.717, 1.165) is 6.07 Å². The Morgan fingerprint density at radius 1 is 1.08 bits per heavy atom. The molecule has 0 saturated heterocycles. The summed E-state index contributed by atoms with van der Waals surface area (Å²) < 4.78 is 61.1. The van der Waals surface area contributed by atoms with E-state index in [4.69, 9.17) is 17.4 Å². The van der Waals surface area contributed by atoms with Crippen LogP contribution in [0.4, 0.5) is 18.9 Å². The van der Waals surface area contributed by atoms with Crippen molar-refractivity contribution in [1.29, 1.82) is 0 Å². The summed E-state index contributed by atoms with van der Waals surface area (Å²) >= 11 is 5.00. The highest BCUT2D eigenvalue weighted by atomic mass is 32.2. The standard InChI is InChI=1S/C15H14F3N3O2S2/c16-15(17,18)12-3-1-2-4-13(12)21-14(24)20-9-10-5-7-11(8-6-10)25(19,22)23/h1-8H,9H2,(H2,19,22,23)(H2,20,21,24). The molecule has 134 valence electrons. The number of benzene rings is 2. The molecule has 0 aliphatic rings. The molecule has 0 aliphatic carbocycles. The van der Waals surface area contributed by atoms with Crippen LogP contribution in [0.1, 0.15) is 11.1 Å². The number of rotatable bonds is 4. The van der Waals surface area contributed by atoms with Crippen molar-refractivity contribution >= 4 is 33.0 Å². The molecule has 2 aromatic carbocycles. The van der Waals surface area contributed by atoms with Gasteiger partial charge in [0.05, 0.1) is 16.1 Å². The van der Waals surface area contributed by atoms with Crippen LogP contribution in [-0.4, -0.2) is 13.5 Å². The number of hydrogen-bond acceptors (Lipinski definition) is 3. The average molecular weight is 389 g/mol. The lowest BCUT2D eigenvalue weighted by atomic mass is 10.1. The maximum atomic E-state index is 12.9. The SMILES string of the molecule is NS(=O)(=O)c1ccc(CNC(=S)Nc2ccccc2C(F)(F)F)cc1. The van der Waals surface area contributed by atoms with Gasteiger partial charge in [0.2, 0.25) is 10.0 Å². The molecule has 0 unspecified atom stereocenters. The third-order valence-electron chi connectivity index (χ3n) is 3.19. The number of para-hydroxylation sites is 1. The Morgan fingerprint density at radius 2 is 1.68 bits per heavy atom. The molecule has 0 heterocycles. The topological polar surface area (TPSA) is 84.2 Å². The molecule has 2 rings (SSSR count). The third kappa shape index (κ3) is 5.41. The second-order valence-electron chi connectivity index (χ2n) is 5.04. The zero-order valence-corrected chi connectivity index (χ0v) is 14.3. The summed E-state index contributed by atoms with van der Waals surface area (Å²) in [5, 5.41) is 10.3. The molecule has 0 atom stereocenters. The van der Waals surface area contributed by atoms with E-state index in [1.807, 2.05) is 0 Å². The van der Waals surface area contributed by atoms with Gasteiger partial charge in [-0.25, -0.2) is 13.6 Å². The van der Waals surface area contributed by atoms with Crippen molar-refractivity contribution in [3.05, 3.63) is 59.7 Å². The molecular formula is C15H14F3N3O2S2. The lowest BCUT2D eigenvalue weighted by molar-refractivity contribution is -0.136. The number of primary sulfonamides is 1. The number of anilines is 1. The van der Waals surface area contributed by atoms with E-state index >= 15 is 0 Å². The maximum Gasteiger partial charge on any atom is 0.418 e. The average Bonchev–Trinajstić information content (AvgIpc) is 2.52. The number of hydrogen-bond donors (Lipinski definition) is 3. The minimum Gasteiger partial charge on any atom is -0.358 e. The van der Waals surface area contributed by atoms with Crippen LogP contribution in [0.2, 0.25) is 0 Å². The summed E-state index contributed by atoms with van der Waals surface area (Å²) in [4.78, 5) is -0.0314. The van der Waals surface area contributed by atoms with Crippen molar-refractivity contribution in [3.8, 4) is 0 Å². The van der Waals surface area contributed by atoms with Crippen molar-refractivity contribution in [3.63, 3.8) is 0 Å². The van der Waals surface area contributed by atoms with Crippen LogP contribution in [-0.2, 0) is 22.7 Å². The summed E-state index contributed by atoms with van der Waals surface area (Å²) in [6.45, 7) is 0.199. The van der Waals surface area contributed by atoms with Crippen LogP contribution in [0, 0.1) is 0 Å². The second-order valence-corrected chi connectivity index (χ2v) is 7.01. The van der Waals surface area contributed by atoms with Gasteiger partial charge < -0.3 is 10.6 Å². The highest BCUT2D eigenvalue weighted by molar-refractivity contribution is 7.89. The molecule has 0 bridgehead atoms. The molecule has 0 aromatic heterocycles. The summed E-state index contributed by atoms with van der Waals surface area (Å²) in [5.41, 5.74) is -0.297. The zero-order chi connectivity index (χ0) is 18.7. The van der Waals surface area contributed by atoms with E-state index in [1.165, 1.54) is 42.5 Å². The number of sulfonamides is 1. The first-order valence-corrected chi connectivity index (χ1v) is 8.85. The minimum absolute atomic E-state index is 0.00669. The Kier molecular flexibility index (Phi) is 5.65. The fourth-order valence-electron chi connectivity index (χ4n) is 1.99. The van der Waals surface area contributed by atoms with E-state index in [-0.39, 0.29) is 22.2 Å². The molecule has 0 fully saturated rings. The van der Waals surface area contributed by atoms with E-state index in [9.17, 15) is 21.6 Å². The quantitative estimate of drug-likeness (QED) is 0.701. The summed E-state index contributed by atoms with van der Waals surface area (Å²) in [6.07, 6.45) is -4.50. The summed E-state index contributed by atoms with van der Waals surface area (Å²) in [7, 11) is -3.78. The van der Waals surface area contributed by atoms with E-state index in [0.29, 0.717) is 5.56 Å². The van der Waals surface area contributed by atoms with Crippen molar-refractivity contribution in [2.24, 2.45) is 5.14 Å². The van der Waals surface area contributed by atoms with E-state index in [2.05, 4.69) is 10.6 Å². The van der Waals surface area contributed by atoms with E-state index in [1.54, 1.807) is 0 Å². The second kappa shape index (κ2) is 7.38. The highest BCUT2D eigenvalue weighted by Gasteiger charge is 2.33. The molecule has 4 N–H and O–H groups in total. The van der Waals surface area contributed by atoms with Gasteiger partial charge in [0.25, 0.3) is 0 Å². The monoisotopic (exact) mass is 389 g/mol. The molecule has 0 spiro atoms. The van der Waals surface area contributed by atoms with E-state index < -0.39 is 21.8 Å². The van der Waals surface area contributed by atoms with Gasteiger partial charge in [-0.3, -0.25) is 0 Å². The van der Waals surface area contributed by atoms with Gasteiger partial charge in [-0.05, 0) is 42.0 Å². The zero-order valence-electron chi connectivity index (χ0n) is 12.7. The largest absolute Gasteiger partial charge is 0.418 e. The van der Waals surface area contributed by atoms with Crippen LogP contribution in [0.5, 0.6) is 0 Å². The number of nitrogens with one attached hydrogen (secondary N) is 2. The summed E-state index contributed by atoms with van der Waals surface area (Å²) in [6, 6.07) is 10.7. The van der Waals surface area contributed by atoms with Crippen molar-refractivity contribution in [2.75, 3.05) is 5.32 Å². The first-order valence-electron chi connectivity index (χ1n) is 6.90. The van der Waals surface area contributed by atoms with Crippen molar-refractivity contribution in [1.82, 2.24) is 5.32 Å². The van der Waals surface area contributed by atoms with Crippen LogP contribution in [0.25, 0.3) is 0 Å². The van der Waals surface area contributed by atoms with Crippen LogP contribution < -0.4 is 15.8 Å². The first kappa shape index (κ1) is 19.2. The predicted molar refractivity (Wildman–Crippen MR) is 92.3 cm³/mol. The van der Waals surface area contributed by atoms with Gasteiger partial charge in [-0.2, -0.15) is 13.2 Å². The number of alkyl halides is 3. The molecule has 0 radical (unpaired) electrons. The third-order valence-corrected chi connectivity index (χ3v) is 4.36. The molecule has 0 aliphatic heterocycles. The predicted octanol–water partition coefficient (Wildman–Crippen LogP) is 2.84. The smallest absolute Gasteiger partial charge is 0.358 e. The maximum absolute atomic E-state index is 12.9. The summed E-state index contributed by atoms with van der Waals surface area (Å²) in [5.74, 6) is 0. The van der Waals surface area contributed by atoms with Gasteiger partial charge >= 0.3 is 6.18 Å². The number of nitrogens with two attached hydrogens (primary N) is 1. The van der Waals surface area contributed by atoms with Gasteiger partial charge in [0, 0.05) is 6.54 Å². The van der Waals surface area contributed by atoms with Gasteiger partial charge in [0.1, 0.15) is 0 Å². The Labute approximate surface area is 148 Å². The van der Waals surface area contributed by atoms with Crippen molar-refractivity contribution in [2.45, 2.75) is 17.6 Å². The molecule has 0 amide bonds. The number of thiocarbonyl (C=S) groups is 1. The molecule has 25 heavy (non-hydrogen) atoms.